The van der Waals surface area contributed by atoms with Crippen molar-refractivity contribution in [3.63, 3.8) is 0 Å². The van der Waals surface area contributed by atoms with E-state index in [0.29, 0.717) is 21.9 Å². The summed E-state index contributed by atoms with van der Waals surface area (Å²) in [6, 6.07) is 12.3. The van der Waals surface area contributed by atoms with Crippen LogP contribution in [0.4, 0.5) is 0 Å². The van der Waals surface area contributed by atoms with Crippen molar-refractivity contribution in [2.45, 2.75) is 13.5 Å². The predicted octanol–water partition coefficient (Wildman–Crippen LogP) is 3.66. The molecule has 0 radical (unpaired) electrons. The minimum atomic E-state index is -1.16. The van der Waals surface area contributed by atoms with Crippen molar-refractivity contribution >= 4 is 23.3 Å². The molecule has 1 N–H and O–H groups in total. The molecule has 6 heteroatoms. The highest BCUT2D eigenvalue weighted by atomic mass is 35.5. The SMILES string of the molecule is CO/N=C(/C(=O)O)c1ccccc1COc1ccc(Cl)cc1C. The number of hydrogen-bond donors (Lipinski definition) is 1. The molecule has 2 rings (SSSR count). The zero-order valence-corrected chi connectivity index (χ0v) is 13.5. The van der Waals surface area contributed by atoms with Crippen LogP contribution < -0.4 is 4.74 Å². The summed E-state index contributed by atoms with van der Waals surface area (Å²) >= 11 is 5.92. The lowest BCUT2D eigenvalue weighted by Gasteiger charge is -2.12. The molecule has 0 fully saturated rings. The maximum Gasteiger partial charge on any atom is 0.358 e. The number of aryl methyl sites for hydroxylation is 1. The van der Waals surface area contributed by atoms with Gasteiger partial charge in [-0.1, -0.05) is 41.0 Å². The van der Waals surface area contributed by atoms with Crippen LogP contribution in [0.2, 0.25) is 5.02 Å². The number of carboxylic acid groups (broad SMARTS) is 1. The second-order valence-corrected chi connectivity index (χ2v) is 5.22. The number of carbonyl (C=O) groups is 1. The summed E-state index contributed by atoms with van der Waals surface area (Å²) in [5.74, 6) is -0.480. The fraction of sp³-hybridized carbons (Fsp3) is 0.176. The third-order valence-corrected chi connectivity index (χ3v) is 3.41. The van der Waals surface area contributed by atoms with Crippen molar-refractivity contribution < 1.29 is 19.5 Å². The number of oxime groups is 1. The summed E-state index contributed by atoms with van der Waals surface area (Å²) in [6.07, 6.45) is 0. The van der Waals surface area contributed by atoms with Gasteiger partial charge in [0.15, 0.2) is 5.71 Å². The average molecular weight is 334 g/mol. The number of benzene rings is 2. The Morgan fingerprint density at radius 2 is 2.00 bits per heavy atom. The Balaban J connectivity index is 2.27. The quantitative estimate of drug-likeness (QED) is 0.647. The van der Waals surface area contributed by atoms with Crippen LogP contribution in [0.15, 0.2) is 47.6 Å². The van der Waals surface area contributed by atoms with Crippen LogP contribution in [0.5, 0.6) is 5.75 Å². The largest absolute Gasteiger partial charge is 0.489 e. The molecule has 2 aromatic carbocycles. The number of halogens is 1. The van der Waals surface area contributed by atoms with Gasteiger partial charge in [-0.15, -0.1) is 0 Å². The van der Waals surface area contributed by atoms with Crippen LogP contribution in [-0.2, 0) is 16.2 Å². The normalized spacial score (nSPS) is 11.2. The van der Waals surface area contributed by atoms with E-state index in [0.717, 1.165) is 5.56 Å². The highest BCUT2D eigenvalue weighted by Crippen LogP contribution is 2.23. The van der Waals surface area contributed by atoms with Gasteiger partial charge in [0, 0.05) is 10.6 Å². The zero-order chi connectivity index (χ0) is 16.8. The number of aliphatic carboxylic acids is 1. The van der Waals surface area contributed by atoms with Crippen molar-refractivity contribution in [2.75, 3.05) is 7.11 Å². The lowest BCUT2D eigenvalue weighted by atomic mass is 10.0. The Bertz CT molecular complexity index is 743. The van der Waals surface area contributed by atoms with Crippen molar-refractivity contribution in [3.8, 4) is 5.75 Å². The Kier molecular flexibility index (Phi) is 5.60. The smallest absolute Gasteiger partial charge is 0.358 e. The van der Waals surface area contributed by atoms with Gasteiger partial charge in [0.05, 0.1) is 0 Å². The summed E-state index contributed by atoms with van der Waals surface area (Å²) in [7, 11) is 1.30. The summed E-state index contributed by atoms with van der Waals surface area (Å²) in [5.41, 5.74) is 1.88. The maximum atomic E-state index is 11.3. The van der Waals surface area contributed by atoms with Gasteiger partial charge >= 0.3 is 5.97 Å². The molecule has 0 saturated carbocycles. The van der Waals surface area contributed by atoms with E-state index in [1.807, 2.05) is 13.0 Å². The van der Waals surface area contributed by atoms with E-state index in [2.05, 4.69) is 9.99 Å². The molecular weight excluding hydrogens is 318 g/mol. The Labute approximate surface area is 139 Å². The first-order valence-corrected chi connectivity index (χ1v) is 7.22. The van der Waals surface area contributed by atoms with E-state index in [9.17, 15) is 9.90 Å². The lowest BCUT2D eigenvalue weighted by Crippen LogP contribution is -2.17. The highest BCUT2D eigenvalue weighted by molar-refractivity contribution is 6.42. The molecule has 0 bridgehead atoms. The first-order valence-electron chi connectivity index (χ1n) is 6.84. The summed E-state index contributed by atoms with van der Waals surface area (Å²) in [5, 5.41) is 13.5. The molecule has 0 unspecified atom stereocenters. The van der Waals surface area contributed by atoms with E-state index in [-0.39, 0.29) is 12.3 Å². The van der Waals surface area contributed by atoms with Gasteiger partial charge in [-0.3, -0.25) is 0 Å². The van der Waals surface area contributed by atoms with E-state index in [1.165, 1.54) is 7.11 Å². The number of ether oxygens (including phenoxy) is 1. The molecule has 0 atom stereocenters. The minimum absolute atomic E-state index is 0.167. The van der Waals surface area contributed by atoms with Crippen LogP contribution in [0.1, 0.15) is 16.7 Å². The molecule has 0 aliphatic heterocycles. The summed E-state index contributed by atoms with van der Waals surface area (Å²) < 4.78 is 5.78. The van der Waals surface area contributed by atoms with Crippen LogP contribution in [0, 0.1) is 6.92 Å². The Morgan fingerprint density at radius 1 is 1.26 bits per heavy atom. The van der Waals surface area contributed by atoms with Crippen LogP contribution >= 0.6 is 11.6 Å². The first kappa shape index (κ1) is 16.8. The molecule has 5 nitrogen and oxygen atoms in total. The van der Waals surface area contributed by atoms with Gasteiger partial charge in [0.25, 0.3) is 0 Å². The summed E-state index contributed by atoms with van der Waals surface area (Å²) in [6.45, 7) is 2.09. The van der Waals surface area contributed by atoms with Crippen molar-refractivity contribution in [1.29, 1.82) is 0 Å². The Hall–Kier alpha value is -2.53. The molecule has 0 aliphatic carbocycles. The Morgan fingerprint density at radius 3 is 2.65 bits per heavy atom. The van der Waals surface area contributed by atoms with Crippen molar-refractivity contribution in [3.05, 3.63) is 64.2 Å². The standard InChI is InChI=1S/C17H16ClNO4/c1-11-9-13(18)7-8-15(11)23-10-12-5-3-4-6-14(12)16(17(20)21)19-22-2/h3-9H,10H2,1-2H3,(H,20,21)/b19-16+. The second-order valence-electron chi connectivity index (χ2n) is 4.78. The predicted molar refractivity (Wildman–Crippen MR) is 88.1 cm³/mol. The molecule has 0 heterocycles. The molecule has 0 spiro atoms. The maximum absolute atomic E-state index is 11.3. The fourth-order valence-corrected chi connectivity index (χ4v) is 2.33. The van der Waals surface area contributed by atoms with E-state index >= 15 is 0 Å². The molecular formula is C17H16ClNO4. The number of carboxylic acids is 1. The van der Waals surface area contributed by atoms with E-state index in [1.54, 1.807) is 36.4 Å². The van der Waals surface area contributed by atoms with Crippen LogP contribution in [0.3, 0.4) is 0 Å². The topological polar surface area (TPSA) is 68.1 Å². The van der Waals surface area contributed by atoms with Gasteiger partial charge in [-0.25, -0.2) is 4.79 Å². The van der Waals surface area contributed by atoms with Crippen LogP contribution in [-0.4, -0.2) is 23.9 Å². The average Bonchev–Trinajstić information content (AvgIpc) is 2.52. The third-order valence-electron chi connectivity index (χ3n) is 3.18. The minimum Gasteiger partial charge on any atom is -0.489 e. The number of nitrogens with zero attached hydrogens (tertiary/aromatic N) is 1. The van der Waals surface area contributed by atoms with Gasteiger partial charge in [0.2, 0.25) is 0 Å². The lowest BCUT2D eigenvalue weighted by molar-refractivity contribution is -0.129. The van der Waals surface area contributed by atoms with E-state index < -0.39 is 5.97 Å². The molecule has 0 aliphatic rings. The van der Waals surface area contributed by atoms with Crippen molar-refractivity contribution in [1.82, 2.24) is 0 Å². The first-order chi connectivity index (χ1) is 11.0. The van der Waals surface area contributed by atoms with Crippen LogP contribution in [0.25, 0.3) is 0 Å². The molecule has 0 saturated heterocycles. The molecule has 23 heavy (non-hydrogen) atoms. The molecule has 0 amide bonds. The number of rotatable bonds is 6. The molecule has 0 aromatic heterocycles. The second kappa shape index (κ2) is 7.65. The monoisotopic (exact) mass is 333 g/mol. The molecule has 120 valence electrons. The van der Waals surface area contributed by atoms with Crippen molar-refractivity contribution in [2.24, 2.45) is 5.16 Å². The fourth-order valence-electron chi connectivity index (χ4n) is 2.10. The number of hydrogen-bond acceptors (Lipinski definition) is 4. The van der Waals surface area contributed by atoms with Gasteiger partial charge in [0.1, 0.15) is 19.5 Å². The van der Waals surface area contributed by atoms with E-state index in [4.69, 9.17) is 16.3 Å². The van der Waals surface area contributed by atoms with Gasteiger partial charge in [-0.05, 0) is 36.2 Å². The van der Waals surface area contributed by atoms with Gasteiger partial charge < -0.3 is 14.7 Å². The third kappa shape index (κ3) is 4.23. The van der Waals surface area contributed by atoms with Gasteiger partial charge in [-0.2, -0.15) is 0 Å². The highest BCUT2D eigenvalue weighted by Gasteiger charge is 2.17. The molecule has 2 aromatic rings. The zero-order valence-electron chi connectivity index (χ0n) is 12.7. The summed E-state index contributed by atoms with van der Waals surface area (Å²) in [4.78, 5) is 16.0.